The Morgan fingerprint density at radius 2 is 2.03 bits per heavy atom. The maximum atomic E-state index is 14.0. The molecule has 0 bridgehead atoms. The van der Waals surface area contributed by atoms with Crippen LogP contribution in [0.15, 0.2) is 18.3 Å². The Morgan fingerprint density at radius 1 is 1.34 bits per heavy atom. The smallest absolute Gasteiger partial charge is 0.390 e. The molecule has 13 heteroatoms. The van der Waals surface area contributed by atoms with Crippen LogP contribution in [0.2, 0.25) is 0 Å². The van der Waals surface area contributed by atoms with Gasteiger partial charge in [-0.1, -0.05) is 6.07 Å². The van der Waals surface area contributed by atoms with Gasteiger partial charge in [0.25, 0.3) is 5.92 Å². The van der Waals surface area contributed by atoms with Gasteiger partial charge in [0.1, 0.15) is 6.04 Å². The largest absolute Gasteiger partial charge is 0.481 e. The Morgan fingerprint density at radius 3 is 2.59 bits per heavy atom. The highest BCUT2D eigenvalue weighted by molar-refractivity contribution is 7.89. The summed E-state index contributed by atoms with van der Waals surface area (Å²) >= 11 is 0. The van der Waals surface area contributed by atoms with Crippen LogP contribution in [0.25, 0.3) is 0 Å². The second kappa shape index (κ2) is 8.78. The summed E-state index contributed by atoms with van der Waals surface area (Å²) in [5, 5.41) is 2.20. The van der Waals surface area contributed by atoms with Crippen LogP contribution in [-0.2, 0) is 21.4 Å². The van der Waals surface area contributed by atoms with Gasteiger partial charge in [0, 0.05) is 38.2 Å². The summed E-state index contributed by atoms with van der Waals surface area (Å²) in [6.45, 7) is -0.964. The number of nitrogens with one attached hydrogen (secondary N) is 1. The Hall–Kier alpha value is -2.02. The predicted octanol–water partition coefficient (Wildman–Crippen LogP) is 2.09. The number of sulfonamides is 1. The van der Waals surface area contributed by atoms with Crippen molar-refractivity contribution in [3.63, 3.8) is 0 Å². The molecule has 1 aliphatic heterocycles. The van der Waals surface area contributed by atoms with Crippen LogP contribution in [0.5, 0.6) is 5.88 Å². The van der Waals surface area contributed by atoms with Crippen LogP contribution in [0, 0.1) is 0 Å². The first kappa shape index (κ1) is 23.3. The molecule has 0 aliphatic carbocycles. The van der Waals surface area contributed by atoms with E-state index in [9.17, 15) is 35.2 Å². The van der Waals surface area contributed by atoms with Gasteiger partial charge in [-0.05, 0) is 5.56 Å². The zero-order valence-corrected chi connectivity index (χ0v) is 16.2. The van der Waals surface area contributed by atoms with Crippen molar-refractivity contribution in [2.75, 3.05) is 19.4 Å². The SMILES string of the molecule is COc1ccc(CN([C@@H]2CC(F)(F)CCNC2=O)S(=O)(=O)CCC(F)(F)F)cn1. The van der Waals surface area contributed by atoms with E-state index in [2.05, 4.69) is 10.3 Å². The van der Waals surface area contributed by atoms with Gasteiger partial charge < -0.3 is 10.1 Å². The normalized spacial score (nSPS) is 20.2. The number of pyridine rings is 1. The second-order valence-corrected chi connectivity index (χ2v) is 8.59. The topological polar surface area (TPSA) is 88.6 Å². The molecule has 29 heavy (non-hydrogen) atoms. The summed E-state index contributed by atoms with van der Waals surface area (Å²) in [4.78, 5) is 16.1. The van der Waals surface area contributed by atoms with E-state index >= 15 is 0 Å². The van der Waals surface area contributed by atoms with E-state index in [1.54, 1.807) is 0 Å². The molecule has 0 radical (unpaired) electrons. The molecule has 1 saturated heterocycles. The third-order valence-electron chi connectivity index (χ3n) is 4.28. The van der Waals surface area contributed by atoms with E-state index in [0.29, 0.717) is 4.31 Å². The van der Waals surface area contributed by atoms with Gasteiger partial charge in [0.05, 0.1) is 19.3 Å². The summed E-state index contributed by atoms with van der Waals surface area (Å²) < 4.78 is 96.3. The molecule has 2 heterocycles. The highest BCUT2D eigenvalue weighted by Crippen LogP contribution is 2.31. The molecule has 1 atom stereocenters. The standard InChI is InChI=1S/C16H20F5N3O4S/c1-28-13-3-2-11(9-23-13)10-24(29(26,27)7-5-16(19,20)21)12-8-15(17,18)4-6-22-14(12)25/h2-3,9,12H,4-8,10H2,1H3,(H,22,25)/t12-/m1/s1. The minimum atomic E-state index is -4.77. The van der Waals surface area contributed by atoms with Crippen LogP contribution >= 0.6 is 0 Å². The lowest BCUT2D eigenvalue weighted by atomic mass is 10.1. The molecule has 1 aromatic heterocycles. The number of alkyl halides is 5. The average Bonchev–Trinajstić information content (AvgIpc) is 2.75. The predicted molar refractivity (Wildman–Crippen MR) is 91.8 cm³/mol. The van der Waals surface area contributed by atoms with Gasteiger partial charge in [-0.2, -0.15) is 17.5 Å². The molecule has 1 fully saturated rings. The monoisotopic (exact) mass is 445 g/mol. The number of hydrogen-bond donors (Lipinski definition) is 1. The van der Waals surface area contributed by atoms with Gasteiger partial charge >= 0.3 is 6.18 Å². The number of ether oxygens (including phenoxy) is 1. The molecule has 1 amide bonds. The maximum absolute atomic E-state index is 14.0. The van der Waals surface area contributed by atoms with Crippen LogP contribution in [0.3, 0.4) is 0 Å². The zero-order valence-electron chi connectivity index (χ0n) is 15.4. The van der Waals surface area contributed by atoms with Gasteiger partial charge in [0.2, 0.25) is 21.8 Å². The molecule has 7 nitrogen and oxygen atoms in total. The quantitative estimate of drug-likeness (QED) is 0.650. The number of amides is 1. The highest BCUT2D eigenvalue weighted by atomic mass is 32.2. The third-order valence-corrected chi connectivity index (χ3v) is 6.10. The van der Waals surface area contributed by atoms with Gasteiger partial charge in [-0.15, -0.1) is 0 Å². The minimum absolute atomic E-state index is 0.193. The fourth-order valence-electron chi connectivity index (χ4n) is 2.77. The lowest BCUT2D eigenvalue weighted by Gasteiger charge is -2.30. The fourth-order valence-corrected chi connectivity index (χ4v) is 4.39. The van der Waals surface area contributed by atoms with Gasteiger partial charge in [-0.25, -0.2) is 22.2 Å². The summed E-state index contributed by atoms with van der Waals surface area (Å²) in [7, 11) is -3.37. The number of carbonyl (C=O) groups is 1. The van der Waals surface area contributed by atoms with E-state index in [1.165, 1.54) is 25.4 Å². The molecular formula is C16H20F5N3O4S. The first-order chi connectivity index (χ1) is 13.3. The molecule has 1 aromatic rings. The van der Waals surface area contributed by atoms with Crippen molar-refractivity contribution in [2.24, 2.45) is 0 Å². The molecular weight excluding hydrogens is 425 g/mol. The number of halogens is 5. The van der Waals surface area contributed by atoms with E-state index in [1.807, 2.05) is 0 Å². The molecule has 2 rings (SSSR count). The number of carbonyl (C=O) groups excluding carboxylic acids is 1. The van der Waals surface area contributed by atoms with E-state index in [4.69, 9.17) is 4.74 Å². The first-order valence-electron chi connectivity index (χ1n) is 8.54. The third kappa shape index (κ3) is 6.77. The molecule has 1 aliphatic rings. The van der Waals surface area contributed by atoms with Crippen molar-refractivity contribution < 1.29 is 39.9 Å². The van der Waals surface area contributed by atoms with Crippen LogP contribution < -0.4 is 10.1 Å². The lowest BCUT2D eigenvalue weighted by Crippen LogP contribution is -2.50. The summed E-state index contributed by atoms with van der Waals surface area (Å²) in [5.41, 5.74) is 0.196. The molecule has 0 unspecified atom stereocenters. The lowest BCUT2D eigenvalue weighted by molar-refractivity contribution is -0.130. The Labute approximate surface area is 164 Å². The van der Waals surface area contributed by atoms with Crippen LogP contribution in [0.4, 0.5) is 22.0 Å². The Kier molecular flexibility index (Phi) is 7.04. The molecule has 0 saturated carbocycles. The van der Waals surface area contributed by atoms with Crippen molar-refractivity contribution >= 4 is 15.9 Å². The number of methoxy groups -OCH3 is 1. The van der Waals surface area contributed by atoms with Crippen molar-refractivity contribution in [1.82, 2.24) is 14.6 Å². The number of aromatic nitrogens is 1. The van der Waals surface area contributed by atoms with Crippen molar-refractivity contribution in [3.8, 4) is 5.88 Å². The molecule has 1 N–H and O–H groups in total. The van der Waals surface area contributed by atoms with E-state index in [-0.39, 0.29) is 18.0 Å². The number of hydrogen-bond acceptors (Lipinski definition) is 5. The van der Waals surface area contributed by atoms with Gasteiger partial charge in [0.15, 0.2) is 0 Å². The fraction of sp³-hybridized carbons (Fsp3) is 0.625. The van der Waals surface area contributed by atoms with Crippen molar-refractivity contribution in [1.29, 1.82) is 0 Å². The molecule has 0 spiro atoms. The molecule has 0 aromatic carbocycles. The van der Waals surface area contributed by atoms with Crippen LogP contribution in [-0.4, -0.2) is 61.2 Å². The summed E-state index contributed by atoms with van der Waals surface area (Å²) in [6.07, 6.45) is -7.07. The molecule has 164 valence electrons. The number of rotatable bonds is 7. The van der Waals surface area contributed by atoms with Crippen molar-refractivity contribution in [2.45, 2.75) is 43.9 Å². The van der Waals surface area contributed by atoms with Crippen LogP contribution in [0.1, 0.15) is 24.8 Å². The Bertz CT molecular complexity index is 815. The Balaban J connectivity index is 2.38. The van der Waals surface area contributed by atoms with E-state index < -0.39 is 65.6 Å². The summed E-state index contributed by atoms with van der Waals surface area (Å²) in [5.74, 6) is -5.52. The minimum Gasteiger partial charge on any atom is -0.481 e. The van der Waals surface area contributed by atoms with Crippen molar-refractivity contribution in [3.05, 3.63) is 23.9 Å². The van der Waals surface area contributed by atoms with E-state index in [0.717, 1.165) is 0 Å². The second-order valence-electron chi connectivity index (χ2n) is 6.55. The summed E-state index contributed by atoms with van der Waals surface area (Å²) in [6, 6.07) is 0.899. The first-order valence-corrected chi connectivity index (χ1v) is 10.1. The number of nitrogens with zero attached hydrogens (tertiary/aromatic N) is 2. The highest BCUT2D eigenvalue weighted by Gasteiger charge is 2.45. The zero-order chi connectivity index (χ0) is 21.9. The maximum Gasteiger partial charge on any atom is 0.390 e. The average molecular weight is 445 g/mol. The van der Waals surface area contributed by atoms with Gasteiger partial charge in [-0.3, -0.25) is 4.79 Å².